The van der Waals surface area contributed by atoms with Crippen molar-refractivity contribution < 1.29 is 9.18 Å². The van der Waals surface area contributed by atoms with E-state index >= 15 is 0 Å². The molecule has 0 aliphatic rings. The standard InChI is InChI=1S/C16H17FN2O/c1-10-4-5-12(17)9-15(10)19-16(20)14-7-6-13(18-3)8-11(14)2/h4-9,18H,1-3H3,(H,19,20). The Bertz CT molecular complexity index is 653. The van der Waals surface area contributed by atoms with E-state index in [0.717, 1.165) is 16.8 Å². The Balaban J connectivity index is 2.26. The molecule has 0 heterocycles. The van der Waals surface area contributed by atoms with Gasteiger partial charge in [0.15, 0.2) is 0 Å². The van der Waals surface area contributed by atoms with E-state index in [1.807, 2.05) is 33.0 Å². The van der Waals surface area contributed by atoms with E-state index in [-0.39, 0.29) is 11.7 Å². The van der Waals surface area contributed by atoms with Crippen molar-refractivity contribution in [2.45, 2.75) is 13.8 Å². The number of nitrogens with one attached hydrogen (secondary N) is 2. The van der Waals surface area contributed by atoms with Crippen LogP contribution in [0.4, 0.5) is 15.8 Å². The maximum absolute atomic E-state index is 13.2. The molecule has 2 aromatic rings. The number of carbonyl (C=O) groups is 1. The zero-order valence-corrected chi connectivity index (χ0v) is 11.8. The predicted molar refractivity (Wildman–Crippen MR) is 79.8 cm³/mol. The van der Waals surface area contributed by atoms with Crippen LogP contribution in [0.15, 0.2) is 36.4 Å². The third-order valence-corrected chi connectivity index (χ3v) is 3.21. The van der Waals surface area contributed by atoms with Crippen molar-refractivity contribution in [2.75, 3.05) is 17.7 Å². The van der Waals surface area contributed by atoms with Crippen molar-refractivity contribution in [1.82, 2.24) is 0 Å². The van der Waals surface area contributed by atoms with Gasteiger partial charge < -0.3 is 10.6 Å². The van der Waals surface area contributed by atoms with Gasteiger partial charge >= 0.3 is 0 Å². The number of anilines is 2. The van der Waals surface area contributed by atoms with Crippen molar-refractivity contribution in [3.05, 3.63) is 58.9 Å². The highest BCUT2D eigenvalue weighted by atomic mass is 19.1. The number of hydrogen-bond acceptors (Lipinski definition) is 2. The molecule has 20 heavy (non-hydrogen) atoms. The first kappa shape index (κ1) is 14.1. The topological polar surface area (TPSA) is 41.1 Å². The molecular weight excluding hydrogens is 255 g/mol. The molecule has 0 unspecified atom stereocenters. The molecule has 0 radical (unpaired) electrons. The molecule has 3 nitrogen and oxygen atoms in total. The van der Waals surface area contributed by atoms with Gasteiger partial charge in [-0.25, -0.2) is 4.39 Å². The predicted octanol–water partition coefficient (Wildman–Crippen LogP) is 3.74. The van der Waals surface area contributed by atoms with Gasteiger partial charge in [0, 0.05) is 24.0 Å². The van der Waals surface area contributed by atoms with Crippen molar-refractivity contribution in [1.29, 1.82) is 0 Å². The summed E-state index contributed by atoms with van der Waals surface area (Å²) in [4.78, 5) is 12.2. The maximum atomic E-state index is 13.2. The van der Waals surface area contributed by atoms with Crippen molar-refractivity contribution >= 4 is 17.3 Å². The largest absolute Gasteiger partial charge is 0.388 e. The number of aryl methyl sites for hydroxylation is 2. The van der Waals surface area contributed by atoms with Crippen LogP contribution in [-0.4, -0.2) is 13.0 Å². The second kappa shape index (κ2) is 5.74. The highest BCUT2D eigenvalue weighted by Gasteiger charge is 2.11. The monoisotopic (exact) mass is 272 g/mol. The molecule has 4 heteroatoms. The quantitative estimate of drug-likeness (QED) is 0.893. The molecule has 2 rings (SSSR count). The first-order chi connectivity index (χ1) is 9.51. The Kier molecular flexibility index (Phi) is 4.03. The normalized spacial score (nSPS) is 10.2. The summed E-state index contributed by atoms with van der Waals surface area (Å²) in [6.07, 6.45) is 0. The van der Waals surface area contributed by atoms with Gasteiger partial charge in [-0.05, 0) is 55.3 Å². The number of amides is 1. The molecule has 0 spiro atoms. The Morgan fingerprint density at radius 3 is 2.45 bits per heavy atom. The molecule has 2 aromatic carbocycles. The summed E-state index contributed by atoms with van der Waals surface area (Å²) in [5, 5.41) is 5.77. The first-order valence-electron chi connectivity index (χ1n) is 6.37. The third kappa shape index (κ3) is 2.96. The molecule has 0 aliphatic carbocycles. The molecule has 104 valence electrons. The minimum atomic E-state index is -0.367. The lowest BCUT2D eigenvalue weighted by atomic mass is 10.1. The average Bonchev–Trinajstić information content (AvgIpc) is 2.42. The van der Waals surface area contributed by atoms with E-state index in [2.05, 4.69) is 10.6 Å². The average molecular weight is 272 g/mol. The summed E-state index contributed by atoms with van der Waals surface area (Å²) in [5.41, 5.74) is 3.70. The second-order valence-electron chi connectivity index (χ2n) is 4.69. The lowest BCUT2D eigenvalue weighted by Gasteiger charge is -2.11. The summed E-state index contributed by atoms with van der Waals surface area (Å²) in [7, 11) is 1.82. The van der Waals surface area contributed by atoms with Crippen LogP contribution in [0.3, 0.4) is 0 Å². The molecule has 0 aromatic heterocycles. The Morgan fingerprint density at radius 2 is 1.80 bits per heavy atom. The maximum Gasteiger partial charge on any atom is 0.255 e. The highest BCUT2D eigenvalue weighted by molar-refractivity contribution is 6.05. The van der Waals surface area contributed by atoms with Crippen molar-refractivity contribution in [2.24, 2.45) is 0 Å². The zero-order chi connectivity index (χ0) is 14.7. The molecule has 0 saturated heterocycles. The first-order valence-corrected chi connectivity index (χ1v) is 6.37. The molecular formula is C16H17FN2O. The summed E-state index contributed by atoms with van der Waals surface area (Å²) < 4.78 is 13.2. The van der Waals surface area contributed by atoms with Crippen LogP contribution in [-0.2, 0) is 0 Å². The number of benzene rings is 2. The molecule has 0 atom stereocenters. The molecule has 2 N–H and O–H groups in total. The molecule has 0 fully saturated rings. The van der Waals surface area contributed by atoms with E-state index in [9.17, 15) is 9.18 Å². The Hall–Kier alpha value is -2.36. The van der Waals surface area contributed by atoms with Gasteiger partial charge in [0.1, 0.15) is 5.82 Å². The van der Waals surface area contributed by atoms with E-state index in [4.69, 9.17) is 0 Å². The van der Waals surface area contributed by atoms with Crippen LogP contribution < -0.4 is 10.6 Å². The molecule has 0 bridgehead atoms. The fourth-order valence-electron chi connectivity index (χ4n) is 1.99. The highest BCUT2D eigenvalue weighted by Crippen LogP contribution is 2.19. The molecule has 0 aliphatic heterocycles. The second-order valence-corrected chi connectivity index (χ2v) is 4.69. The van der Waals surface area contributed by atoms with E-state index < -0.39 is 0 Å². The van der Waals surface area contributed by atoms with Gasteiger partial charge in [0.25, 0.3) is 5.91 Å². The zero-order valence-electron chi connectivity index (χ0n) is 11.8. The van der Waals surface area contributed by atoms with Gasteiger partial charge in [-0.2, -0.15) is 0 Å². The van der Waals surface area contributed by atoms with Crippen LogP contribution in [0.2, 0.25) is 0 Å². The lowest BCUT2D eigenvalue weighted by Crippen LogP contribution is -2.14. The van der Waals surface area contributed by atoms with Crippen molar-refractivity contribution in [3.63, 3.8) is 0 Å². The van der Waals surface area contributed by atoms with Crippen molar-refractivity contribution in [3.8, 4) is 0 Å². The van der Waals surface area contributed by atoms with E-state index in [0.29, 0.717) is 11.3 Å². The number of hydrogen-bond donors (Lipinski definition) is 2. The van der Waals surface area contributed by atoms with Gasteiger partial charge in [0.2, 0.25) is 0 Å². The summed E-state index contributed by atoms with van der Waals surface area (Å²) in [6.45, 7) is 3.69. The van der Waals surface area contributed by atoms with Gasteiger partial charge in [-0.1, -0.05) is 6.07 Å². The minimum absolute atomic E-state index is 0.237. The lowest BCUT2D eigenvalue weighted by molar-refractivity contribution is 0.102. The molecule has 1 amide bonds. The SMILES string of the molecule is CNc1ccc(C(=O)Nc2cc(F)ccc2C)c(C)c1. The van der Waals surface area contributed by atoms with Crippen LogP contribution in [0.5, 0.6) is 0 Å². The van der Waals surface area contributed by atoms with Gasteiger partial charge in [0.05, 0.1) is 0 Å². The summed E-state index contributed by atoms with van der Waals surface area (Å²) in [6, 6.07) is 9.82. The number of carbonyl (C=O) groups excluding carboxylic acids is 1. The third-order valence-electron chi connectivity index (χ3n) is 3.21. The number of rotatable bonds is 3. The fraction of sp³-hybridized carbons (Fsp3) is 0.188. The fourth-order valence-corrected chi connectivity index (χ4v) is 1.99. The summed E-state index contributed by atoms with van der Waals surface area (Å²) in [5.74, 6) is -0.605. The number of halogens is 1. The van der Waals surface area contributed by atoms with Crippen LogP contribution in [0, 0.1) is 19.7 Å². The van der Waals surface area contributed by atoms with E-state index in [1.54, 1.807) is 12.1 Å². The van der Waals surface area contributed by atoms with Crippen LogP contribution >= 0.6 is 0 Å². The Labute approximate surface area is 117 Å². The minimum Gasteiger partial charge on any atom is -0.388 e. The van der Waals surface area contributed by atoms with Crippen LogP contribution in [0.1, 0.15) is 21.5 Å². The Morgan fingerprint density at radius 1 is 1.05 bits per heavy atom. The van der Waals surface area contributed by atoms with E-state index in [1.165, 1.54) is 12.1 Å². The van der Waals surface area contributed by atoms with Gasteiger partial charge in [-0.3, -0.25) is 4.79 Å². The smallest absolute Gasteiger partial charge is 0.255 e. The van der Waals surface area contributed by atoms with Crippen LogP contribution in [0.25, 0.3) is 0 Å². The molecule has 0 saturated carbocycles. The summed E-state index contributed by atoms with van der Waals surface area (Å²) >= 11 is 0. The van der Waals surface area contributed by atoms with Gasteiger partial charge in [-0.15, -0.1) is 0 Å².